The van der Waals surface area contributed by atoms with Gasteiger partial charge < -0.3 is 30.7 Å². The van der Waals surface area contributed by atoms with Crippen molar-refractivity contribution < 1.29 is 33.4 Å². The first-order chi connectivity index (χ1) is 26.6. The monoisotopic (exact) mass is 775 g/mol. The fourth-order valence-corrected chi connectivity index (χ4v) is 7.19. The summed E-state index contributed by atoms with van der Waals surface area (Å²) in [6.45, 7) is 17.0. The lowest BCUT2D eigenvalue weighted by Crippen LogP contribution is -2.59. The summed E-state index contributed by atoms with van der Waals surface area (Å²) < 4.78 is 10.9. The molecule has 2 heterocycles. The molecule has 0 aromatic heterocycles. The molecule has 0 aliphatic carbocycles. The molecule has 4 N–H and O–H groups in total. The predicted octanol–water partition coefficient (Wildman–Crippen LogP) is 4.00. The van der Waals surface area contributed by atoms with E-state index >= 15 is 0 Å². The van der Waals surface area contributed by atoms with E-state index in [4.69, 9.17) is 9.47 Å². The molecular formula is C44H65N5O7. The molecule has 7 atom stereocenters. The van der Waals surface area contributed by atoms with E-state index in [2.05, 4.69) is 33.1 Å². The Kier molecular flexibility index (Phi) is 17.0. The van der Waals surface area contributed by atoms with Gasteiger partial charge in [-0.25, -0.2) is 0 Å². The first kappa shape index (κ1) is 44.6. The maximum absolute atomic E-state index is 14.2. The fourth-order valence-electron chi connectivity index (χ4n) is 7.19. The van der Waals surface area contributed by atoms with Crippen LogP contribution in [0.1, 0.15) is 85.3 Å². The van der Waals surface area contributed by atoms with Gasteiger partial charge in [0.15, 0.2) is 5.78 Å². The van der Waals surface area contributed by atoms with Gasteiger partial charge in [-0.3, -0.25) is 28.9 Å². The molecule has 56 heavy (non-hydrogen) atoms. The lowest BCUT2D eigenvalue weighted by atomic mass is 9.93. The van der Waals surface area contributed by atoms with Gasteiger partial charge in [-0.05, 0) is 68.4 Å². The molecule has 12 heteroatoms. The normalized spacial score (nSPS) is 20.2. The van der Waals surface area contributed by atoms with Gasteiger partial charge in [-0.2, -0.15) is 0 Å². The highest BCUT2D eigenvalue weighted by Crippen LogP contribution is 2.30. The Balaban J connectivity index is 1.51. The molecule has 2 saturated heterocycles. The Morgan fingerprint density at radius 1 is 0.679 bits per heavy atom. The second kappa shape index (κ2) is 21.4. The maximum atomic E-state index is 14.2. The molecule has 0 saturated carbocycles. The molecular weight excluding hydrogens is 711 g/mol. The second-order valence-corrected chi connectivity index (χ2v) is 16.7. The van der Waals surface area contributed by atoms with Gasteiger partial charge in [0, 0.05) is 32.0 Å². The van der Waals surface area contributed by atoms with Crippen molar-refractivity contribution in [2.24, 2.45) is 17.8 Å². The summed E-state index contributed by atoms with van der Waals surface area (Å²) >= 11 is 0. The van der Waals surface area contributed by atoms with Gasteiger partial charge in [0.05, 0.1) is 25.9 Å². The minimum absolute atomic E-state index is 0.0136. The molecule has 0 spiro atoms. The summed E-state index contributed by atoms with van der Waals surface area (Å²) in [5, 5.41) is 11.8. The van der Waals surface area contributed by atoms with Gasteiger partial charge in [-0.1, -0.05) is 95.3 Å². The van der Waals surface area contributed by atoms with Crippen LogP contribution in [-0.4, -0.2) is 103 Å². The van der Waals surface area contributed by atoms with Crippen LogP contribution in [0, 0.1) is 17.8 Å². The number of rotatable bonds is 22. The fraction of sp³-hybridized carbons (Fsp3) is 0.614. The maximum Gasteiger partial charge on any atom is 0.243 e. The van der Waals surface area contributed by atoms with E-state index in [-0.39, 0.29) is 48.3 Å². The van der Waals surface area contributed by atoms with Crippen LogP contribution in [0.4, 0.5) is 0 Å². The number of amides is 4. The van der Waals surface area contributed by atoms with E-state index in [0.717, 1.165) is 24.2 Å². The number of ketones is 1. The van der Waals surface area contributed by atoms with E-state index in [1.165, 1.54) is 0 Å². The third-order valence-electron chi connectivity index (χ3n) is 10.9. The van der Waals surface area contributed by atoms with E-state index in [1.807, 2.05) is 95.3 Å². The number of nitrogens with one attached hydrogen (secondary N) is 4. The minimum Gasteiger partial charge on any atom is -0.379 e. The van der Waals surface area contributed by atoms with Crippen LogP contribution in [0.25, 0.3) is 0 Å². The highest BCUT2D eigenvalue weighted by molar-refractivity contribution is 5.98. The van der Waals surface area contributed by atoms with Gasteiger partial charge in [-0.15, -0.1) is 0 Å². The summed E-state index contributed by atoms with van der Waals surface area (Å²) in [7, 11) is 0. The van der Waals surface area contributed by atoms with E-state index in [0.29, 0.717) is 45.5 Å². The van der Waals surface area contributed by atoms with Crippen LogP contribution < -0.4 is 21.3 Å². The van der Waals surface area contributed by atoms with Crippen molar-refractivity contribution in [3.8, 4) is 0 Å². The Morgan fingerprint density at radius 3 is 1.75 bits per heavy atom. The standard InChI is InChI=1S/C44H65N5O7/c1-29(2)24-36(40(51)44(7)28-56-44)46-43(54)38(27-34-16-12-9-13-17-34)48-42(53)37(25-30(3)4)47-41(52)35(19-18-33-14-10-8-11-15-33)45-39(50)26-31(5)32(6)49-20-22-55-23-21-49/h8-17,29-32,35-38H,18-28H2,1-7H3,(H,45,50)(H,46,54)(H,47,52)(H,48,53)/t31?,32?,35-,36-,37?,38-,44+/m0/s1. The van der Waals surface area contributed by atoms with Crippen molar-refractivity contribution in [2.45, 2.75) is 123 Å². The second-order valence-electron chi connectivity index (χ2n) is 16.7. The largest absolute Gasteiger partial charge is 0.379 e. The number of morpholine rings is 1. The van der Waals surface area contributed by atoms with Crippen molar-refractivity contribution in [3.63, 3.8) is 0 Å². The quantitative estimate of drug-likeness (QED) is 0.131. The summed E-state index contributed by atoms with van der Waals surface area (Å²) in [6, 6.07) is 15.5. The smallest absolute Gasteiger partial charge is 0.243 e. The molecule has 4 amide bonds. The summed E-state index contributed by atoms with van der Waals surface area (Å²) in [6.07, 6.45) is 2.01. The molecule has 0 bridgehead atoms. The number of ether oxygens (including phenoxy) is 2. The van der Waals surface area contributed by atoms with Crippen molar-refractivity contribution in [2.75, 3.05) is 32.9 Å². The van der Waals surface area contributed by atoms with Gasteiger partial charge in [0.25, 0.3) is 0 Å². The minimum atomic E-state index is -1.03. The third kappa shape index (κ3) is 14.1. The zero-order chi connectivity index (χ0) is 40.8. The number of nitrogens with zero attached hydrogens (tertiary/aromatic N) is 1. The molecule has 2 aromatic rings. The van der Waals surface area contributed by atoms with Crippen molar-refractivity contribution in [1.29, 1.82) is 0 Å². The Bertz CT molecular complexity index is 1580. The van der Waals surface area contributed by atoms with Crippen LogP contribution >= 0.6 is 0 Å². The number of aryl methyl sites for hydroxylation is 1. The topological polar surface area (TPSA) is 158 Å². The van der Waals surface area contributed by atoms with E-state index in [1.54, 1.807) is 6.92 Å². The zero-order valence-corrected chi connectivity index (χ0v) is 34.5. The number of benzene rings is 2. The third-order valence-corrected chi connectivity index (χ3v) is 10.9. The number of hydrogen-bond acceptors (Lipinski definition) is 8. The number of Topliss-reactive ketones (excluding diaryl/α,β-unsaturated/α-hetero) is 1. The van der Waals surface area contributed by atoms with Gasteiger partial charge in [0.1, 0.15) is 23.7 Å². The lowest BCUT2D eigenvalue weighted by molar-refractivity contribution is -0.135. The Hall–Kier alpha value is -4.13. The SMILES string of the molecule is CC(C)CC(NC(=O)[C@H](CCc1ccccc1)NC(=O)CC(C)C(C)N1CCOCC1)C(=O)N[C@@H](Cc1ccccc1)C(=O)N[C@@H](CC(C)C)C(=O)[C@@]1(C)CO1. The summed E-state index contributed by atoms with van der Waals surface area (Å²) in [5.41, 5.74) is 0.919. The summed E-state index contributed by atoms with van der Waals surface area (Å²) in [5.74, 6) is -1.73. The van der Waals surface area contributed by atoms with Crippen molar-refractivity contribution in [3.05, 3.63) is 71.8 Å². The summed E-state index contributed by atoms with van der Waals surface area (Å²) in [4.78, 5) is 71.6. The molecule has 2 aromatic carbocycles. The van der Waals surface area contributed by atoms with Crippen LogP contribution in [0.15, 0.2) is 60.7 Å². The van der Waals surface area contributed by atoms with Crippen molar-refractivity contribution >= 4 is 29.4 Å². The van der Waals surface area contributed by atoms with Crippen LogP contribution in [-0.2, 0) is 46.3 Å². The zero-order valence-electron chi connectivity index (χ0n) is 34.5. The predicted molar refractivity (Wildman–Crippen MR) is 217 cm³/mol. The van der Waals surface area contributed by atoms with Gasteiger partial charge in [0.2, 0.25) is 23.6 Å². The van der Waals surface area contributed by atoms with Crippen molar-refractivity contribution in [1.82, 2.24) is 26.2 Å². The Morgan fingerprint density at radius 2 is 1.18 bits per heavy atom. The highest BCUT2D eigenvalue weighted by Gasteiger charge is 2.50. The number of epoxide rings is 1. The lowest BCUT2D eigenvalue weighted by Gasteiger charge is -2.35. The Labute approximate surface area is 333 Å². The first-order valence-corrected chi connectivity index (χ1v) is 20.4. The number of carbonyl (C=O) groups is 5. The first-order valence-electron chi connectivity index (χ1n) is 20.4. The molecule has 2 aliphatic rings. The molecule has 0 radical (unpaired) electrons. The van der Waals surface area contributed by atoms with E-state index in [9.17, 15) is 24.0 Å². The average Bonchev–Trinajstić information content (AvgIpc) is 3.93. The van der Waals surface area contributed by atoms with Crippen LogP contribution in [0.3, 0.4) is 0 Å². The average molecular weight is 776 g/mol. The number of carbonyl (C=O) groups excluding carboxylic acids is 5. The van der Waals surface area contributed by atoms with Crippen LogP contribution in [0.5, 0.6) is 0 Å². The molecule has 2 fully saturated rings. The number of hydrogen-bond donors (Lipinski definition) is 4. The molecule has 2 aliphatic heterocycles. The molecule has 308 valence electrons. The highest BCUT2D eigenvalue weighted by atomic mass is 16.6. The van der Waals surface area contributed by atoms with Gasteiger partial charge >= 0.3 is 0 Å². The van der Waals surface area contributed by atoms with Crippen LogP contribution in [0.2, 0.25) is 0 Å². The molecule has 12 nitrogen and oxygen atoms in total. The van der Waals surface area contributed by atoms with E-state index < -0.39 is 47.5 Å². The molecule has 4 rings (SSSR count). The molecule has 3 unspecified atom stereocenters.